The third-order valence-electron chi connectivity index (χ3n) is 4.88. The molecule has 1 N–H and O–H groups in total. The number of anilines is 1. The van der Waals surface area contributed by atoms with E-state index in [1.165, 1.54) is 0 Å². The SMILES string of the molecule is O=C(Cc1ccc(-n2cccc2)cc1)N1CCC(Nc2ccccc2)C1. The fraction of sp³-hybridized carbons (Fsp3) is 0.227. The predicted octanol–water partition coefficient (Wildman–Crippen LogP) is 3.73. The fourth-order valence-corrected chi connectivity index (χ4v) is 3.45. The Hall–Kier alpha value is -3.01. The number of likely N-dealkylation sites (tertiary alicyclic amines) is 1. The molecule has 1 aromatic heterocycles. The molecule has 26 heavy (non-hydrogen) atoms. The lowest BCUT2D eigenvalue weighted by Gasteiger charge is -2.18. The van der Waals surface area contributed by atoms with Gasteiger partial charge in [-0.25, -0.2) is 0 Å². The van der Waals surface area contributed by atoms with Gasteiger partial charge in [-0.15, -0.1) is 0 Å². The summed E-state index contributed by atoms with van der Waals surface area (Å²) in [4.78, 5) is 14.6. The van der Waals surface area contributed by atoms with Crippen LogP contribution in [0.4, 0.5) is 5.69 Å². The Balaban J connectivity index is 1.32. The topological polar surface area (TPSA) is 37.3 Å². The van der Waals surface area contributed by atoms with Gasteiger partial charge in [0.1, 0.15) is 0 Å². The summed E-state index contributed by atoms with van der Waals surface area (Å²) in [5, 5.41) is 3.52. The third-order valence-corrected chi connectivity index (χ3v) is 4.88. The van der Waals surface area contributed by atoms with Gasteiger partial charge in [0.05, 0.1) is 6.42 Å². The molecule has 4 nitrogen and oxygen atoms in total. The molecule has 1 saturated heterocycles. The van der Waals surface area contributed by atoms with Crippen molar-refractivity contribution in [1.29, 1.82) is 0 Å². The second kappa shape index (κ2) is 7.48. The highest BCUT2D eigenvalue weighted by molar-refractivity contribution is 5.79. The number of benzene rings is 2. The van der Waals surface area contributed by atoms with E-state index < -0.39 is 0 Å². The van der Waals surface area contributed by atoms with E-state index in [1.54, 1.807) is 0 Å². The van der Waals surface area contributed by atoms with Gasteiger partial charge in [-0.05, 0) is 48.4 Å². The van der Waals surface area contributed by atoms with Crippen molar-refractivity contribution in [3.05, 3.63) is 84.7 Å². The first-order chi connectivity index (χ1) is 12.8. The smallest absolute Gasteiger partial charge is 0.227 e. The second-order valence-corrected chi connectivity index (χ2v) is 6.77. The van der Waals surface area contributed by atoms with Gasteiger partial charge in [0.25, 0.3) is 0 Å². The summed E-state index contributed by atoms with van der Waals surface area (Å²) in [6, 6.07) is 22.7. The van der Waals surface area contributed by atoms with Gasteiger partial charge >= 0.3 is 0 Å². The van der Waals surface area contributed by atoms with Crippen molar-refractivity contribution in [3.8, 4) is 5.69 Å². The number of carbonyl (C=O) groups excluding carboxylic acids is 1. The number of hydrogen-bond donors (Lipinski definition) is 1. The van der Waals surface area contributed by atoms with Gasteiger partial charge in [-0.2, -0.15) is 0 Å². The highest BCUT2D eigenvalue weighted by Crippen LogP contribution is 2.17. The number of carbonyl (C=O) groups is 1. The molecule has 1 amide bonds. The minimum absolute atomic E-state index is 0.205. The maximum Gasteiger partial charge on any atom is 0.227 e. The van der Waals surface area contributed by atoms with Crippen molar-refractivity contribution in [1.82, 2.24) is 9.47 Å². The Bertz CT molecular complexity index is 841. The summed E-state index contributed by atoms with van der Waals surface area (Å²) >= 11 is 0. The number of nitrogens with zero attached hydrogens (tertiary/aromatic N) is 2. The zero-order chi connectivity index (χ0) is 17.8. The molecule has 1 aliphatic heterocycles. The normalized spacial score (nSPS) is 16.6. The quantitative estimate of drug-likeness (QED) is 0.765. The minimum atomic E-state index is 0.205. The number of aromatic nitrogens is 1. The Kier molecular flexibility index (Phi) is 4.73. The lowest BCUT2D eigenvalue weighted by Crippen LogP contribution is -2.32. The molecule has 3 aromatic rings. The lowest BCUT2D eigenvalue weighted by atomic mass is 10.1. The van der Waals surface area contributed by atoms with Gasteiger partial charge in [0, 0.05) is 42.9 Å². The van der Waals surface area contributed by atoms with Crippen LogP contribution in [0, 0.1) is 0 Å². The summed E-state index contributed by atoms with van der Waals surface area (Å²) in [5.41, 5.74) is 3.29. The summed E-state index contributed by atoms with van der Waals surface area (Å²) in [7, 11) is 0. The molecule has 1 aliphatic rings. The molecule has 1 fully saturated rings. The van der Waals surface area contributed by atoms with E-state index in [-0.39, 0.29) is 5.91 Å². The molecule has 2 aromatic carbocycles. The van der Waals surface area contributed by atoms with Crippen LogP contribution < -0.4 is 5.32 Å². The Labute approximate surface area is 154 Å². The fourth-order valence-electron chi connectivity index (χ4n) is 3.45. The molecule has 0 bridgehead atoms. The highest BCUT2D eigenvalue weighted by Gasteiger charge is 2.25. The maximum absolute atomic E-state index is 12.6. The Morgan fingerprint density at radius 3 is 2.42 bits per heavy atom. The molecular formula is C22H23N3O. The molecule has 4 rings (SSSR count). The van der Waals surface area contributed by atoms with Gasteiger partial charge < -0.3 is 14.8 Å². The first-order valence-electron chi connectivity index (χ1n) is 9.09. The van der Waals surface area contributed by atoms with E-state index in [1.807, 2.05) is 59.8 Å². The molecule has 0 radical (unpaired) electrons. The van der Waals surface area contributed by atoms with E-state index in [4.69, 9.17) is 0 Å². The van der Waals surface area contributed by atoms with Gasteiger partial charge in [0.2, 0.25) is 5.91 Å². The molecule has 132 valence electrons. The second-order valence-electron chi connectivity index (χ2n) is 6.77. The van der Waals surface area contributed by atoms with Crippen LogP contribution in [0.3, 0.4) is 0 Å². The average molecular weight is 345 g/mol. The van der Waals surface area contributed by atoms with Gasteiger partial charge in [0.15, 0.2) is 0 Å². The minimum Gasteiger partial charge on any atom is -0.380 e. The average Bonchev–Trinajstić information content (AvgIpc) is 3.35. The number of amides is 1. The molecular weight excluding hydrogens is 322 g/mol. The van der Waals surface area contributed by atoms with Crippen LogP contribution in [0.2, 0.25) is 0 Å². The standard InChI is InChI=1S/C22H23N3O/c26-22(16-18-8-10-21(11-9-18)24-13-4-5-14-24)25-15-12-20(17-25)23-19-6-2-1-3-7-19/h1-11,13-14,20,23H,12,15-17H2. The molecule has 1 unspecified atom stereocenters. The summed E-state index contributed by atoms with van der Waals surface area (Å²) in [5.74, 6) is 0.205. The summed E-state index contributed by atoms with van der Waals surface area (Å²) in [6.45, 7) is 1.60. The van der Waals surface area contributed by atoms with Crippen LogP contribution in [-0.4, -0.2) is 34.5 Å². The van der Waals surface area contributed by atoms with E-state index in [2.05, 4.69) is 34.1 Å². The van der Waals surface area contributed by atoms with Crippen molar-refractivity contribution < 1.29 is 4.79 Å². The van der Waals surface area contributed by atoms with Crippen molar-refractivity contribution in [3.63, 3.8) is 0 Å². The van der Waals surface area contributed by atoms with E-state index in [0.29, 0.717) is 12.5 Å². The van der Waals surface area contributed by atoms with Crippen LogP contribution in [0.1, 0.15) is 12.0 Å². The maximum atomic E-state index is 12.6. The van der Waals surface area contributed by atoms with Crippen LogP contribution in [0.25, 0.3) is 5.69 Å². The van der Waals surface area contributed by atoms with E-state index in [0.717, 1.165) is 36.4 Å². The first kappa shape index (κ1) is 16.5. The molecule has 0 aliphatic carbocycles. The monoisotopic (exact) mass is 345 g/mol. The van der Waals surface area contributed by atoms with Gasteiger partial charge in [-0.3, -0.25) is 4.79 Å². The van der Waals surface area contributed by atoms with Crippen LogP contribution >= 0.6 is 0 Å². The van der Waals surface area contributed by atoms with Crippen molar-refractivity contribution in [2.24, 2.45) is 0 Å². The Morgan fingerprint density at radius 1 is 0.962 bits per heavy atom. The molecule has 2 heterocycles. The predicted molar refractivity (Wildman–Crippen MR) is 105 cm³/mol. The zero-order valence-electron chi connectivity index (χ0n) is 14.7. The van der Waals surface area contributed by atoms with Crippen molar-refractivity contribution in [2.45, 2.75) is 18.9 Å². The number of nitrogens with one attached hydrogen (secondary N) is 1. The van der Waals surface area contributed by atoms with Crippen LogP contribution in [0.15, 0.2) is 79.1 Å². The largest absolute Gasteiger partial charge is 0.380 e. The highest BCUT2D eigenvalue weighted by atomic mass is 16.2. The zero-order valence-corrected chi connectivity index (χ0v) is 14.7. The number of hydrogen-bond acceptors (Lipinski definition) is 2. The van der Waals surface area contributed by atoms with Crippen LogP contribution in [-0.2, 0) is 11.2 Å². The first-order valence-corrected chi connectivity index (χ1v) is 9.09. The molecule has 0 saturated carbocycles. The Morgan fingerprint density at radius 2 is 1.69 bits per heavy atom. The lowest BCUT2D eigenvalue weighted by molar-refractivity contribution is -0.129. The summed E-state index contributed by atoms with van der Waals surface area (Å²) in [6.07, 6.45) is 5.49. The number of rotatable bonds is 5. The summed E-state index contributed by atoms with van der Waals surface area (Å²) < 4.78 is 2.06. The molecule has 4 heteroatoms. The molecule has 1 atom stereocenters. The molecule has 0 spiro atoms. The van der Waals surface area contributed by atoms with Crippen molar-refractivity contribution >= 4 is 11.6 Å². The van der Waals surface area contributed by atoms with E-state index in [9.17, 15) is 4.79 Å². The number of para-hydroxylation sites is 1. The van der Waals surface area contributed by atoms with Crippen LogP contribution in [0.5, 0.6) is 0 Å². The van der Waals surface area contributed by atoms with Gasteiger partial charge in [-0.1, -0.05) is 30.3 Å². The third kappa shape index (κ3) is 3.80. The van der Waals surface area contributed by atoms with E-state index >= 15 is 0 Å². The van der Waals surface area contributed by atoms with Crippen molar-refractivity contribution in [2.75, 3.05) is 18.4 Å².